The molecule has 2 aromatic rings. The van der Waals surface area contributed by atoms with Crippen LogP contribution in [0.3, 0.4) is 0 Å². The zero-order valence-corrected chi connectivity index (χ0v) is 15.2. The minimum Gasteiger partial charge on any atom is -0.361 e. The highest BCUT2D eigenvalue weighted by Gasteiger charge is 2.50. The Kier molecular flexibility index (Phi) is 4.17. The summed E-state index contributed by atoms with van der Waals surface area (Å²) in [5, 5.41) is 0. The van der Waals surface area contributed by atoms with Gasteiger partial charge >= 0.3 is 0 Å². The monoisotopic (exact) mass is 353 g/mol. The van der Waals surface area contributed by atoms with E-state index in [0.29, 0.717) is 5.56 Å². The molecule has 2 fully saturated rings. The highest BCUT2D eigenvalue weighted by Crippen LogP contribution is 2.44. The molecule has 0 saturated carbocycles. The lowest BCUT2D eigenvalue weighted by Gasteiger charge is -2.42. The van der Waals surface area contributed by atoms with Crippen molar-refractivity contribution in [2.24, 2.45) is 0 Å². The maximum atomic E-state index is 13.4. The van der Waals surface area contributed by atoms with Gasteiger partial charge in [0.25, 0.3) is 5.91 Å². The average molecular weight is 353 g/mol. The van der Waals surface area contributed by atoms with E-state index < -0.39 is 0 Å². The first-order valence-corrected chi connectivity index (χ1v) is 9.23. The fourth-order valence-electron chi connectivity index (χ4n) is 4.69. The zero-order chi connectivity index (χ0) is 18.3. The van der Waals surface area contributed by atoms with Crippen LogP contribution in [-0.2, 0) is 0 Å². The molecule has 2 atom stereocenters. The molecule has 3 heterocycles. The number of piperidine rings is 1. The van der Waals surface area contributed by atoms with Crippen LogP contribution in [0.4, 0.5) is 10.1 Å². The normalized spacial score (nSPS) is 24.4. The first-order valence-electron chi connectivity index (χ1n) is 9.23. The predicted octanol–water partition coefficient (Wildman–Crippen LogP) is 3.88. The number of carbonyl (C=O) groups is 1. The van der Waals surface area contributed by atoms with Crippen molar-refractivity contribution in [3.8, 4) is 0 Å². The average Bonchev–Trinajstić information content (AvgIpc) is 2.92. The van der Waals surface area contributed by atoms with Crippen molar-refractivity contribution in [3.05, 3.63) is 60.2 Å². The molecule has 0 radical (unpaired) electrons. The number of nitrogens with zero attached hydrogens (tertiary/aromatic N) is 3. The van der Waals surface area contributed by atoms with E-state index in [0.717, 1.165) is 31.5 Å². The number of anilines is 1. The van der Waals surface area contributed by atoms with Crippen molar-refractivity contribution in [1.29, 1.82) is 0 Å². The van der Waals surface area contributed by atoms with E-state index in [2.05, 4.69) is 23.7 Å². The maximum Gasteiger partial charge on any atom is 0.255 e. The van der Waals surface area contributed by atoms with Crippen molar-refractivity contribution in [2.45, 2.75) is 50.7 Å². The molecular weight excluding hydrogens is 329 g/mol. The molecule has 1 amide bonds. The van der Waals surface area contributed by atoms with E-state index in [1.165, 1.54) is 12.1 Å². The molecule has 1 aromatic heterocycles. The Morgan fingerprint density at radius 3 is 2.65 bits per heavy atom. The Labute approximate surface area is 153 Å². The van der Waals surface area contributed by atoms with Gasteiger partial charge in [-0.25, -0.2) is 4.39 Å². The molecule has 2 aliphatic rings. The van der Waals surface area contributed by atoms with Gasteiger partial charge in [-0.05, 0) is 69.5 Å². The standard InChI is InChI=1S/C21H24FN3O/c1-21(2)13-19-18(25(21)17-9-7-16(22)8-10-17)6-4-12-24(19)20(26)15-5-3-11-23-14-15/h3,5,7-11,14,18-19H,4,6,12-13H2,1-2H3/t18-,19-/m0/s1. The van der Waals surface area contributed by atoms with Gasteiger partial charge in [-0.2, -0.15) is 0 Å². The van der Waals surface area contributed by atoms with Crippen LogP contribution in [0.15, 0.2) is 48.8 Å². The van der Waals surface area contributed by atoms with Crippen LogP contribution in [0.1, 0.15) is 43.5 Å². The predicted molar refractivity (Wildman–Crippen MR) is 99.7 cm³/mol. The van der Waals surface area contributed by atoms with E-state index in [9.17, 15) is 9.18 Å². The van der Waals surface area contributed by atoms with Crippen LogP contribution in [0.25, 0.3) is 0 Å². The van der Waals surface area contributed by atoms with Crippen molar-refractivity contribution >= 4 is 11.6 Å². The number of hydrogen-bond donors (Lipinski definition) is 0. The van der Waals surface area contributed by atoms with Crippen LogP contribution in [0, 0.1) is 5.82 Å². The molecule has 5 heteroatoms. The SMILES string of the molecule is CC1(C)C[C@H]2[C@H](CCCN2C(=O)c2cccnc2)N1c1ccc(F)cc1. The molecule has 136 valence electrons. The van der Waals surface area contributed by atoms with E-state index in [1.807, 2.05) is 23.1 Å². The van der Waals surface area contributed by atoms with Crippen LogP contribution in [0.5, 0.6) is 0 Å². The van der Waals surface area contributed by atoms with Crippen molar-refractivity contribution in [3.63, 3.8) is 0 Å². The summed E-state index contributed by atoms with van der Waals surface area (Å²) in [7, 11) is 0. The van der Waals surface area contributed by atoms with E-state index in [4.69, 9.17) is 0 Å². The summed E-state index contributed by atoms with van der Waals surface area (Å²) in [6.07, 6.45) is 6.25. The molecule has 0 aliphatic carbocycles. The molecule has 26 heavy (non-hydrogen) atoms. The molecule has 1 aromatic carbocycles. The third-order valence-electron chi connectivity index (χ3n) is 5.71. The summed E-state index contributed by atoms with van der Waals surface area (Å²) in [5.41, 5.74) is 1.58. The van der Waals surface area contributed by atoms with Crippen LogP contribution < -0.4 is 4.90 Å². The summed E-state index contributed by atoms with van der Waals surface area (Å²) >= 11 is 0. The molecule has 2 saturated heterocycles. The lowest BCUT2D eigenvalue weighted by atomic mass is 9.93. The molecule has 4 nitrogen and oxygen atoms in total. The first-order chi connectivity index (χ1) is 12.5. The zero-order valence-electron chi connectivity index (χ0n) is 15.2. The van der Waals surface area contributed by atoms with E-state index in [1.54, 1.807) is 18.5 Å². The molecule has 2 aliphatic heterocycles. The highest BCUT2D eigenvalue weighted by molar-refractivity contribution is 5.94. The number of halogens is 1. The molecular formula is C21H24FN3O. The van der Waals surface area contributed by atoms with E-state index >= 15 is 0 Å². The van der Waals surface area contributed by atoms with Gasteiger partial charge in [-0.15, -0.1) is 0 Å². The first kappa shape index (κ1) is 17.0. The highest BCUT2D eigenvalue weighted by atomic mass is 19.1. The van der Waals surface area contributed by atoms with Gasteiger partial charge in [0, 0.05) is 30.2 Å². The number of pyridine rings is 1. The van der Waals surface area contributed by atoms with Gasteiger partial charge in [0.05, 0.1) is 17.6 Å². The summed E-state index contributed by atoms with van der Waals surface area (Å²) in [6.45, 7) is 5.20. The smallest absolute Gasteiger partial charge is 0.255 e. The van der Waals surface area contributed by atoms with Crippen molar-refractivity contribution < 1.29 is 9.18 Å². The van der Waals surface area contributed by atoms with Gasteiger partial charge in [0.2, 0.25) is 0 Å². The van der Waals surface area contributed by atoms with Crippen LogP contribution >= 0.6 is 0 Å². The Balaban J connectivity index is 1.66. The molecule has 0 spiro atoms. The summed E-state index contributed by atoms with van der Waals surface area (Å²) in [6, 6.07) is 10.8. The van der Waals surface area contributed by atoms with E-state index in [-0.39, 0.29) is 29.3 Å². The molecule has 4 rings (SSSR count). The number of amides is 1. The lowest BCUT2D eigenvalue weighted by Crippen LogP contribution is -2.52. The van der Waals surface area contributed by atoms with Crippen LogP contribution in [-0.4, -0.2) is 40.0 Å². The van der Waals surface area contributed by atoms with Crippen LogP contribution in [0.2, 0.25) is 0 Å². The quantitative estimate of drug-likeness (QED) is 0.822. The number of hydrogen-bond acceptors (Lipinski definition) is 3. The number of likely N-dealkylation sites (tertiary alicyclic amines) is 1. The van der Waals surface area contributed by atoms with Crippen molar-refractivity contribution in [1.82, 2.24) is 9.88 Å². The number of benzene rings is 1. The largest absolute Gasteiger partial charge is 0.361 e. The Hall–Kier alpha value is -2.43. The van der Waals surface area contributed by atoms with Crippen molar-refractivity contribution in [2.75, 3.05) is 11.4 Å². The second-order valence-electron chi connectivity index (χ2n) is 7.88. The third kappa shape index (κ3) is 2.85. The second kappa shape index (κ2) is 6.38. The topological polar surface area (TPSA) is 36.4 Å². The summed E-state index contributed by atoms with van der Waals surface area (Å²) in [4.78, 5) is 21.6. The van der Waals surface area contributed by atoms with Gasteiger partial charge in [0.15, 0.2) is 0 Å². The number of aromatic nitrogens is 1. The number of carbonyl (C=O) groups excluding carboxylic acids is 1. The van der Waals surface area contributed by atoms with Gasteiger partial charge in [0.1, 0.15) is 5.82 Å². The summed E-state index contributed by atoms with van der Waals surface area (Å²) in [5.74, 6) is -0.163. The van der Waals surface area contributed by atoms with Gasteiger partial charge in [-0.3, -0.25) is 9.78 Å². The fourth-order valence-corrected chi connectivity index (χ4v) is 4.69. The Morgan fingerprint density at radius 2 is 1.96 bits per heavy atom. The fraction of sp³-hybridized carbons (Fsp3) is 0.429. The second-order valence-corrected chi connectivity index (χ2v) is 7.88. The van der Waals surface area contributed by atoms with Gasteiger partial charge < -0.3 is 9.80 Å². The Bertz CT molecular complexity index is 791. The molecule has 0 unspecified atom stereocenters. The third-order valence-corrected chi connectivity index (χ3v) is 5.71. The number of rotatable bonds is 2. The summed E-state index contributed by atoms with van der Waals surface area (Å²) < 4.78 is 13.4. The molecule has 0 N–H and O–H groups in total. The number of fused-ring (bicyclic) bond motifs is 1. The lowest BCUT2D eigenvalue weighted by molar-refractivity contribution is 0.0605. The molecule has 0 bridgehead atoms. The van der Waals surface area contributed by atoms with Gasteiger partial charge in [-0.1, -0.05) is 0 Å². The maximum absolute atomic E-state index is 13.4. The minimum absolute atomic E-state index is 0.0598. The Morgan fingerprint density at radius 1 is 1.19 bits per heavy atom. The minimum atomic E-state index is -0.223.